The average molecular weight is 217 g/mol. The Morgan fingerprint density at radius 1 is 0.692 bits per heavy atom. The van der Waals surface area contributed by atoms with Crippen molar-refractivity contribution in [1.29, 1.82) is 0 Å². The van der Waals surface area contributed by atoms with Gasteiger partial charge < -0.3 is 5.11 Å². The van der Waals surface area contributed by atoms with Crippen molar-refractivity contribution in [3.63, 3.8) is 0 Å². The second kappa shape index (κ2) is 2.96. The van der Waals surface area contributed by atoms with Crippen LogP contribution in [-0.2, 0) is 0 Å². The van der Waals surface area contributed by atoms with Crippen LogP contribution in [0.1, 0.15) is 0 Å². The van der Waals surface area contributed by atoms with Crippen molar-refractivity contribution in [2.45, 2.75) is 18.5 Å². The summed E-state index contributed by atoms with van der Waals surface area (Å²) in [5.41, 5.74) is 0. The Balaban J connectivity index is 5.02. The van der Waals surface area contributed by atoms with Crippen LogP contribution in [0.5, 0.6) is 0 Å². The van der Waals surface area contributed by atoms with Crippen LogP contribution in [0.25, 0.3) is 0 Å². The van der Waals surface area contributed by atoms with Gasteiger partial charge in [0.15, 0.2) is 0 Å². The molecule has 13 heavy (non-hydrogen) atoms. The van der Waals surface area contributed by atoms with Crippen molar-refractivity contribution < 1.29 is 40.2 Å². The molecular weight excluding hydrogens is 216 g/mol. The molecule has 0 fully saturated rings. The van der Waals surface area contributed by atoms with E-state index in [4.69, 9.17) is 5.11 Å². The van der Waals surface area contributed by atoms with Crippen LogP contribution in [0, 0.1) is 5.92 Å². The van der Waals surface area contributed by atoms with Crippen molar-refractivity contribution in [3.8, 4) is 0 Å². The summed E-state index contributed by atoms with van der Waals surface area (Å²) in [4.78, 5) is 0. The summed E-state index contributed by atoms with van der Waals surface area (Å²) >= 11 is 0. The van der Waals surface area contributed by atoms with Gasteiger partial charge in [0.05, 0.1) is 0 Å². The summed E-state index contributed by atoms with van der Waals surface area (Å²) in [6.45, 7) is 0. The minimum Gasteiger partial charge on any atom is -0.335 e. The van der Waals surface area contributed by atoms with Gasteiger partial charge in [0.1, 0.15) is 0 Å². The minimum absolute atomic E-state index is 4.13. The Labute approximate surface area is 66.0 Å². The van der Waals surface area contributed by atoms with E-state index in [1.54, 1.807) is 0 Å². The van der Waals surface area contributed by atoms with Gasteiger partial charge in [-0.15, -0.1) is 0 Å². The molecule has 0 saturated heterocycles. The third-order valence-corrected chi connectivity index (χ3v) is 0.868. The summed E-state index contributed by atoms with van der Waals surface area (Å²) in [5.74, 6) is -4.13. The van der Waals surface area contributed by atoms with E-state index in [0.29, 0.717) is 0 Å². The SMILES string of the molecule is OC(F)(F)[C](C(F)(F)F)C(F)(F)F. The van der Waals surface area contributed by atoms with E-state index in [0.717, 1.165) is 0 Å². The molecule has 0 aromatic heterocycles. The van der Waals surface area contributed by atoms with Gasteiger partial charge in [0.2, 0.25) is 0 Å². The van der Waals surface area contributed by atoms with Crippen LogP contribution in [-0.4, -0.2) is 23.6 Å². The zero-order valence-corrected chi connectivity index (χ0v) is 5.47. The molecule has 1 N–H and O–H groups in total. The fourth-order valence-corrected chi connectivity index (χ4v) is 0.502. The molecule has 0 aromatic carbocycles. The molecular formula is C4HF8O. The second-order valence-corrected chi connectivity index (χ2v) is 1.91. The summed E-state index contributed by atoms with van der Waals surface area (Å²) in [5, 5.41) is 7.34. The third-order valence-electron chi connectivity index (χ3n) is 0.868. The van der Waals surface area contributed by atoms with Crippen LogP contribution in [0.15, 0.2) is 0 Å². The Morgan fingerprint density at radius 2 is 0.923 bits per heavy atom. The van der Waals surface area contributed by atoms with Crippen LogP contribution in [0.2, 0.25) is 0 Å². The predicted octanol–water partition coefficient (Wildman–Crippen LogP) is 2.27. The maximum atomic E-state index is 11.5. The zero-order chi connectivity index (χ0) is 11.1. The molecule has 0 aliphatic heterocycles. The molecule has 0 amide bonds. The maximum Gasteiger partial charge on any atom is 0.413 e. The highest BCUT2D eigenvalue weighted by atomic mass is 19.4. The van der Waals surface area contributed by atoms with Gasteiger partial charge in [-0.25, -0.2) is 0 Å². The first-order valence-electron chi connectivity index (χ1n) is 2.49. The summed E-state index contributed by atoms with van der Waals surface area (Å²) in [6.07, 6.45) is -18.6. The molecule has 79 valence electrons. The molecule has 0 aromatic rings. The van der Waals surface area contributed by atoms with Crippen LogP contribution in [0.4, 0.5) is 35.1 Å². The first-order chi connectivity index (χ1) is 5.37. The van der Waals surface area contributed by atoms with Gasteiger partial charge in [-0.3, -0.25) is 0 Å². The minimum atomic E-state index is -6.32. The Bertz CT molecular complexity index is 139. The molecule has 1 radical (unpaired) electrons. The van der Waals surface area contributed by atoms with Gasteiger partial charge >= 0.3 is 18.5 Å². The standard InChI is InChI=1S/C4HF8O/c5-2(6,7)1(3(8,9)10)4(11,12)13/h13H. The lowest BCUT2D eigenvalue weighted by Gasteiger charge is -2.24. The predicted molar refractivity (Wildman–Crippen MR) is 22.5 cm³/mol. The Kier molecular flexibility index (Phi) is 2.83. The van der Waals surface area contributed by atoms with Gasteiger partial charge in [-0.05, 0) is 0 Å². The van der Waals surface area contributed by atoms with E-state index in [1.165, 1.54) is 0 Å². The van der Waals surface area contributed by atoms with Crippen molar-refractivity contribution in [1.82, 2.24) is 0 Å². The van der Waals surface area contributed by atoms with Crippen molar-refractivity contribution in [2.75, 3.05) is 0 Å². The summed E-state index contributed by atoms with van der Waals surface area (Å²) in [6, 6.07) is 0. The highest BCUT2D eigenvalue weighted by Crippen LogP contribution is 2.48. The summed E-state index contributed by atoms with van der Waals surface area (Å²) < 4.78 is 90.8. The monoisotopic (exact) mass is 217 g/mol. The summed E-state index contributed by atoms with van der Waals surface area (Å²) in [7, 11) is 0. The zero-order valence-electron chi connectivity index (χ0n) is 5.47. The molecule has 0 rings (SSSR count). The first kappa shape index (κ1) is 12.4. The van der Waals surface area contributed by atoms with Gasteiger partial charge in [-0.2, -0.15) is 35.1 Å². The smallest absolute Gasteiger partial charge is 0.335 e. The number of hydrogen-bond acceptors (Lipinski definition) is 1. The number of alkyl halides is 8. The fourth-order valence-electron chi connectivity index (χ4n) is 0.502. The second-order valence-electron chi connectivity index (χ2n) is 1.91. The van der Waals surface area contributed by atoms with E-state index < -0.39 is 24.4 Å². The number of halogens is 8. The van der Waals surface area contributed by atoms with Crippen LogP contribution >= 0.6 is 0 Å². The maximum absolute atomic E-state index is 11.5. The number of hydrogen-bond donors (Lipinski definition) is 1. The van der Waals surface area contributed by atoms with Crippen molar-refractivity contribution in [3.05, 3.63) is 5.92 Å². The average Bonchev–Trinajstić information content (AvgIpc) is 1.44. The lowest BCUT2D eigenvalue weighted by molar-refractivity contribution is -0.302. The molecule has 0 saturated carbocycles. The van der Waals surface area contributed by atoms with E-state index in [-0.39, 0.29) is 0 Å². The highest BCUT2D eigenvalue weighted by Gasteiger charge is 2.70. The third kappa shape index (κ3) is 3.33. The molecule has 0 bridgehead atoms. The molecule has 0 spiro atoms. The molecule has 0 aliphatic carbocycles. The van der Waals surface area contributed by atoms with Crippen LogP contribution in [0.3, 0.4) is 0 Å². The molecule has 0 heterocycles. The largest absolute Gasteiger partial charge is 0.413 e. The molecule has 0 aliphatic rings. The Morgan fingerprint density at radius 3 is 0.923 bits per heavy atom. The number of rotatable bonds is 1. The lowest BCUT2D eigenvalue weighted by atomic mass is 10.1. The van der Waals surface area contributed by atoms with E-state index in [2.05, 4.69) is 0 Å². The van der Waals surface area contributed by atoms with Crippen LogP contribution < -0.4 is 0 Å². The fraction of sp³-hybridized carbons (Fsp3) is 0.750. The molecule has 0 atom stereocenters. The normalized spacial score (nSPS) is 15.2. The van der Waals surface area contributed by atoms with Gasteiger partial charge in [0.25, 0.3) is 5.92 Å². The lowest BCUT2D eigenvalue weighted by Crippen LogP contribution is -2.46. The van der Waals surface area contributed by atoms with Gasteiger partial charge in [0, 0.05) is 0 Å². The highest BCUT2D eigenvalue weighted by molar-refractivity contribution is 5.10. The van der Waals surface area contributed by atoms with E-state index >= 15 is 0 Å². The van der Waals surface area contributed by atoms with Crippen molar-refractivity contribution >= 4 is 0 Å². The van der Waals surface area contributed by atoms with E-state index in [1.807, 2.05) is 0 Å². The van der Waals surface area contributed by atoms with Crippen molar-refractivity contribution in [2.24, 2.45) is 0 Å². The Hall–Kier alpha value is -0.600. The molecule has 9 heteroatoms. The molecule has 1 nitrogen and oxygen atoms in total. The van der Waals surface area contributed by atoms with E-state index in [9.17, 15) is 35.1 Å². The first-order valence-corrected chi connectivity index (χ1v) is 2.49. The van der Waals surface area contributed by atoms with Gasteiger partial charge in [-0.1, -0.05) is 0 Å². The number of aliphatic hydroxyl groups is 1. The topological polar surface area (TPSA) is 20.2 Å². The quantitative estimate of drug-likeness (QED) is 0.668. The molecule has 0 unspecified atom stereocenters.